The molecule has 1 aromatic heterocycles. The van der Waals surface area contributed by atoms with Gasteiger partial charge in [-0.25, -0.2) is 9.78 Å². The van der Waals surface area contributed by atoms with Crippen LogP contribution >= 0.6 is 0 Å². The molecule has 0 aliphatic heterocycles. The lowest BCUT2D eigenvalue weighted by Gasteiger charge is -2.14. The van der Waals surface area contributed by atoms with Gasteiger partial charge in [-0.15, -0.1) is 0 Å². The molecule has 1 rings (SSSR count). The van der Waals surface area contributed by atoms with Crippen LogP contribution in [-0.4, -0.2) is 27.1 Å². The van der Waals surface area contributed by atoms with Gasteiger partial charge in [0.25, 0.3) is 0 Å². The molecule has 16 heavy (non-hydrogen) atoms. The van der Waals surface area contributed by atoms with Crippen molar-refractivity contribution >= 4 is 11.8 Å². The first-order chi connectivity index (χ1) is 7.54. The maximum absolute atomic E-state index is 10.9. The third-order valence-electron chi connectivity index (χ3n) is 2.39. The highest BCUT2D eigenvalue weighted by Crippen LogP contribution is 2.09. The van der Waals surface area contributed by atoms with Gasteiger partial charge in [0, 0.05) is 0 Å². The van der Waals surface area contributed by atoms with Gasteiger partial charge in [0.15, 0.2) is 0 Å². The molecule has 1 atom stereocenters. The van der Waals surface area contributed by atoms with Gasteiger partial charge in [0.1, 0.15) is 11.9 Å². The molecule has 0 aliphatic rings. The van der Waals surface area contributed by atoms with E-state index < -0.39 is 12.0 Å². The first kappa shape index (κ1) is 12.4. The van der Waals surface area contributed by atoms with Gasteiger partial charge in [0.05, 0.1) is 17.6 Å². The Kier molecular flexibility index (Phi) is 4.22. The molecule has 2 N–H and O–H groups in total. The van der Waals surface area contributed by atoms with Crippen molar-refractivity contribution in [3.05, 3.63) is 17.6 Å². The van der Waals surface area contributed by atoms with Crippen molar-refractivity contribution in [2.75, 3.05) is 5.32 Å². The second-order valence-electron chi connectivity index (χ2n) is 3.75. The van der Waals surface area contributed by atoms with Crippen molar-refractivity contribution < 1.29 is 9.90 Å². The molecule has 0 bridgehead atoms. The number of aromatic nitrogens is 2. The molecule has 5 heteroatoms. The summed E-state index contributed by atoms with van der Waals surface area (Å²) in [5, 5.41) is 11.9. The lowest BCUT2D eigenvalue weighted by Crippen LogP contribution is -2.29. The first-order valence-corrected chi connectivity index (χ1v) is 5.34. The fraction of sp³-hybridized carbons (Fsp3) is 0.545. The Morgan fingerprint density at radius 3 is 2.69 bits per heavy atom. The Balaban J connectivity index is 2.77. The van der Waals surface area contributed by atoms with Crippen LogP contribution in [0.2, 0.25) is 0 Å². The van der Waals surface area contributed by atoms with E-state index in [0.717, 1.165) is 17.8 Å². The normalized spacial score (nSPS) is 12.2. The number of carbonyl (C=O) groups is 1. The van der Waals surface area contributed by atoms with Crippen LogP contribution in [0.3, 0.4) is 0 Å². The molecule has 0 spiro atoms. The molecular formula is C11H17N3O2. The number of anilines is 1. The molecule has 1 unspecified atom stereocenters. The summed E-state index contributed by atoms with van der Waals surface area (Å²) in [6.45, 7) is 5.67. The minimum absolute atomic E-state index is 0.518. The Labute approximate surface area is 94.9 Å². The number of carboxylic acid groups (broad SMARTS) is 1. The molecule has 1 aromatic rings. The lowest BCUT2D eigenvalue weighted by molar-refractivity contribution is -0.138. The van der Waals surface area contributed by atoms with Crippen LogP contribution in [0, 0.1) is 13.8 Å². The summed E-state index contributed by atoms with van der Waals surface area (Å²) < 4.78 is 0. The quantitative estimate of drug-likeness (QED) is 0.795. The summed E-state index contributed by atoms with van der Waals surface area (Å²) in [6, 6.07) is -0.596. The van der Waals surface area contributed by atoms with Crippen LogP contribution in [0.1, 0.15) is 31.2 Å². The lowest BCUT2D eigenvalue weighted by atomic mass is 10.2. The molecule has 0 aliphatic carbocycles. The molecule has 0 saturated heterocycles. The summed E-state index contributed by atoms with van der Waals surface area (Å²) >= 11 is 0. The molecule has 88 valence electrons. The molecule has 0 fully saturated rings. The van der Waals surface area contributed by atoms with Crippen LogP contribution in [-0.2, 0) is 4.79 Å². The van der Waals surface area contributed by atoms with Crippen LogP contribution < -0.4 is 5.32 Å². The topological polar surface area (TPSA) is 75.1 Å². The Morgan fingerprint density at radius 2 is 2.19 bits per heavy atom. The van der Waals surface area contributed by atoms with Crippen LogP contribution in [0.4, 0.5) is 5.82 Å². The van der Waals surface area contributed by atoms with E-state index in [1.54, 1.807) is 6.20 Å². The number of aliphatic carboxylic acids is 1. The van der Waals surface area contributed by atoms with E-state index in [-0.39, 0.29) is 0 Å². The van der Waals surface area contributed by atoms with Crippen molar-refractivity contribution in [2.45, 2.75) is 39.7 Å². The van der Waals surface area contributed by atoms with Gasteiger partial charge in [0.2, 0.25) is 0 Å². The zero-order chi connectivity index (χ0) is 12.1. The van der Waals surface area contributed by atoms with E-state index in [0.29, 0.717) is 12.2 Å². The molecule has 5 nitrogen and oxygen atoms in total. The Hall–Kier alpha value is -1.65. The second-order valence-corrected chi connectivity index (χ2v) is 3.75. The van der Waals surface area contributed by atoms with Crippen molar-refractivity contribution in [3.63, 3.8) is 0 Å². The Morgan fingerprint density at radius 1 is 1.50 bits per heavy atom. The van der Waals surface area contributed by atoms with E-state index in [4.69, 9.17) is 5.11 Å². The molecule has 0 radical (unpaired) electrons. The van der Waals surface area contributed by atoms with Crippen molar-refractivity contribution in [1.82, 2.24) is 9.97 Å². The number of nitrogens with one attached hydrogen (secondary N) is 1. The third-order valence-corrected chi connectivity index (χ3v) is 2.39. The molecular weight excluding hydrogens is 206 g/mol. The number of rotatable bonds is 5. The minimum Gasteiger partial charge on any atom is -0.480 e. The number of nitrogens with zero attached hydrogens (tertiary/aromatic N) is 2. The van der Waals surface area contributed by atoms with Gasteiger partial charge in [-0.3, -0.25) is 4.98 Å². The highest BCUT2D eigenvalue weighted by molar-refractivity contribution is 5.76. The Bertz CT molecular complexity index is 379. The summed E-state index contributed by atoms with van der Waals surface area (Å²) in [5.74, 6) is -0.342. The first-order valence-electron chi connectivity index (χ1n) is 5.34. The van der Waals surface area contributed by atoms with Crippen LogP contribution in [0.15, 0.2) is 6.20 Å². The van der Waals surface area contributed by atoms with E-state index in [9.17, 15) is 4.79 Å². The van der Waals surface area contributed by atoms with Gasteiger partial charge >= 0.3 is 5.97 Å². The summed E-state index contributed by atoms with van der Waals surface area (Å²) in [4.78, 5) is 19.3. The number of hydrogen-bond acceptors (Lipinski definition) is 4. The third kappa shape index (κ3) is 3.18. The van der Waals surface area contributed by atoms with E-state index in [2.05, 4.69) is 15.3 Å². The molecule has 0 saturated carbocycles. The van der Waals surface area contributed by atoms with Crippen molar-refractivity contribution in [2.24, 2.45) is 0 Å². The van der Waals surface area contributed by atoms with Crippen LogP contribution in [0.5, 0.6) is 0 Å². The van der Waals surface area contributed by atoms with Crippen LogP contribution in [0.25, 0.3) is 0 Å². The largest absolute Gasteiger partial charge is 0.480 e. The summed E-state index contributed by atoms with van der Waals surface area (Å²) in [6.07, 6.45) is 2.94. The maximum atomic E-state index is 10.9. The average molecular weight is 223 g/mol. The standard InChI is InChI=1S/C11H17N3O2/c1-4-5-9(11(15)16)14-10-6-12-7(2)8(3)13-10/h6,9H,4-5H2,1-3H3,(H,13,14)(H,15,16). The highest BCUT2D eigenvalue weighted by atomic mass is 16.4. The van der Waals surface area contributed by atoms with Crippen molar-refractivity contribution in [3.8, 4) is 0 Å². The highest BCUT2D eigenvalue weighted by Gasteiger charge is 2.16. The molecule has 1 heterocycles. The predicted molar refractivity (Wildman–Crippen MR) is 61.5 cm³/mol. The van der Waals surface area contributed by atoms with Crippen molar-refractivity contribution in [1.29, 1.82) is 0 Å². The smallest absolute Gasteiger partial charge is 0.326 e. The number of carboxylic acids is 1. The zero-order valence-electron chi connectivity index (χ0n) is 9.82. The molecule has 0 amide bonds. The van der Waals surface area contributed by atoms with E-state index in [1.165, 1.54) is 0 Å². The second kappa shape index (κ2) is 5.44. The minimum atomic E-state index is -0.859. The number of hydrogen-bond donors (Lipinski definition) is 2. The summed E-state index contributed by atoms with van der Waals surface area (Å²) in [5.41, 5.74) is 1.67. The molecule has 0 aromatic carbocycles. The number of aryl methyl sites for hydroxylation is 2. The van der Waals surface area contributed by atoms with E-state index in [1.807, 2.05) is 20.8 Å². The fourth-order valence-corrected chi connectivity index (χ4v) is 1.34. The summed E-state index contributed by atoms with van der Waals surface area (Å²) in [7, 11) is 0. The van der Waals surface area contributed by atoms with Gasteiger partial charge < -0.3 is 10.4 Å². The van der Waals surface area contributed by atoms with Gasteiger partial charge in [-0.2, -0.15) is 0 Å². The average Bonchev–Trinajstić information content (AvgIpc) is 2.22. The monoisotopic (exact) mass is 223 g/mol. The zero-order valence-corrected chi connectivity index (χ0v) is 9.82. The SMILES string of the molecule is CCCC(Nc1cnc(C)c(C)n1)C(=O)O. The van der Waals surface area contributed by atoms with Gasteiger partial charge in [-0.05, 0) is 20.3 Å². The fourth-order valence-electron chi connectivity index (χ4n) is 1.34. The predicted octanol–water partition coefficient (Wildman–Crippen LogP) is 1.76. The van der Waals surface area contributed by atoms with Gasteiger partial charge in [-0.1, -0.05) is 13.3 Å². The maximum Gasteiger partial charge on any atom is 0.326 e. The van der Waals surface area contributed by atoms with E-state index >= 15 is 0 Å².